The summed E-state index contributed by atoms with van der Waals surface area (Å²) >= 11 is 0. The van der Waals surface area contributed by atoms with Crippen molar-refractivity contribution in [1.82, 2.24) is 0 Å². The molecule has 2 unspecified atom stereocenters. The Bertz CT molecular complexity index is 854. The first-order valence-electron chi connectivity index (χ1n) is 8.50. The van der Waals surface area contributed by atoms with Crippen LogP contribution in [0, 0.1) is 0 Å². The number of anilines is 2. The average molecular weight is 312 g/mol. The molecule has 0 N–H and O–H groups in total. The lowest BCUT2D eigenvalue weighted by Crippen LogP contribution is -2.44. The van der Waals surface area contributed by atoms with Gasteiger partial charge in [0.2, 0.25) is 0 Å². The third-order valence-corrected chi connectivity index (χ3v) is 5.62. The van der Waals surface area contributed by atoms with Crippen LogP contribution in [0.3, 0.4) is 0 Å². The summed E-state index contributed by atoms with van der Waals surface area (Å²) in [4.78, 5) is 4.91. The number of nitrogens with zero attached hydrogens (tertiary/aromatic N) is 2. The standard InChI is InChI=1S/C22H20N2/c1-23-19-13-7-8-14-20(19)24(2)22-18-12-6-4-10-16(18)15-9-3-5-11-17(15)21(22)23/h3-14,21-22H,1-2H3. The number of para-hydroxylation sites is 2. The Morgan fingerprint density at radius 2 is 0.917 bits per heavy atom. The van der Waals surface area contributed by atoms with Crippen LogP contribution in [0.5, 0.6) is 0 Å². The lowest BCUT2D eigenvalue weighted by atomic mass is 9.76. The predicted octanol–water partition coefficient (Wildman–Crippen LogP) is 5.04. The smallest absolute Gasteiger partial charge is 0.0791 e. The quantitative estimate of drug-likeness (QED) is 0.574. The molecule has 0 amide bonds. The van der Waals surface area contributed by atoms with Crippen molar-refractivity contribution in [2.24, 2.45) is 0 Å². The minimum atomic E-state index is 0.330. The highest BCUT2D eigenvalue weighted by Crippen LogP contribution is 2.55. The van der Waals surface area contributed by atoms with Gasteiger partial charge in [0, 0.05) is 14.1 Å². The van der Waals surface area contributed by atoms with Crippen LogP contribution in [-0.2, 0) is 0 Å². The van der Waals surface area contributed by atoms with E-state index < -0.39 is 0 Å². The topological polar surface area (TPSA) is 6.48 Å². The van der Waals surface area contributed by atoms with Gasteiger partial charge in [0.1, 0.15) is 0 Å². The van der Waals surface area contributed by atoms with Gasteiger partial charge in [-0.1, -0.05) is 60.7 Å². The van der Waals surface area contributed by atoms with Gasteiger partial charge in [-0.15, -0.1) is 0 Å². The van der Waals surface area contributed by atoms with E-state index in [9.17, 15) is 0 Å². The van der Waals surface area contributed by atoms with E-state index in [0.717, 1.165) is 0 Å². The molecule has 1 aliphatic carbocycles. The molecular weight excluding hydrogens is 292 g/mol. The molecule has 2 aliphatic rings. The fourth-order valence-electron chi connectivity index (χ4n) is 4.54. The van der Waals surface area contributed by atoms with Crippen molar-refractivity contribution in [3.05, 3.63) is 83.9 Å². The first-order valence-corrected chi connectivity index (χ1v) is 8.50. The summed E-state index contributed by atoms with van der Waals surface area (Å²) in [7, 11) is 4.46. The molecule has 0 radical (unpaired) electrons. The second-order valence-corrected chi connectivity index (χ2v) is 6.77. The molecule has 0 bridgehead atoms. The fraction of sp³-hybridized carbons (Fsp3) is 0.182. The highest BCUT2D eigenvalue weighted by atomic mass is 15.3. The Kier molecular flexibility index (Phi) is 2.78. The lowest BCUT2D eigenvalue weighted by molar-refractivity contribution is 0.497. The van der Waals surface area contributed by atoms with Crippen LogP contribution in [-0.4, -0.2) is 14.1 Å². The van der Waals surface area contributed by atoms with Gasteiger partial charge in [-0.2, -0.15) is 0 Å². The Hall–Kier alpha value is -2.74. The van der Waals surface area contributed by atoms with Crippen molar-refractivity contribution in [2.45, 2.75) is 12.1 Å². The number of rotatable bonds is 0. The minimum absolute atomic E-state index is 0.330. The van der Waals surface area contributed by atoms with Crippen LogP contribution in [0.15, 0.2) is 72.8 Å². The number of hydrogen-bond acceptors (Lipinski definition) is 2. The first-order chi connectivity index (χ1) is 11.8. The monoisotopic (exact) mass is 312 g/mol. The van der Waals surface area contributed by atoms with E-state index in [-0.39, 0.29) is 0 Å². The van der Waals surface area contributed by atoms with Crippen LogP contribution in [0.2, 0.25) is 0 Å². The Morgan fingerprint density at radius 1 is 0.542 bits per heavy atom. The first kappa shape index (κ1) is 13.7. The molecule has 0 aromatic heterocycles. The van der Waals surface area contributed by atoms with Gasteiger partial charge in [0.05, 0.1) is 23.5 Å². The van der Waals surface area contributed by atoms with Gasteiger partial charge in [-0.25, -0.2) is 0 Å². The van der Waals surface area contributed by atoms with E-state index in [1.54, 1.807) is 0 Å². The normalized spacial score (nSPS) is 20.8. The molecule has 0 saturated heterocycles. The number of fused-ring (bicyclic) bond motifs is 7. The molecule has 3 aromatic rings. The summed E-state index contributed by atoms with van der Waals surface area (Å²) in [6.45, 7) is 0. The van der Waals surface area contributed by atoms with Gasteiger partial charge in [0.25, 0.3) is 0 Å². The van der Waals surface area contributed by atoms with Crippen molar-refractivity contribution in [2.75, 3.05) is 23.9 Å². The Labute approximate surface area is 143 Å². The summed E-state index contributed by atoms with van der Waals surface area (Å²) in [5, 5.41) is 0. The number of likely N-dealkylation sites (N-methyl/N-ethyl adjacent to an activating group) is 2. The van der Waals surface area contributed by atoms with Crippen molar-refractivity contribution >= 4 is 11.4 Å². The van der Waals surface area contributed by atoms with E-state index in [1.807, 2.05) is 0 Å². The molecule has 3 aromatic carbocycles. The molecule has 24 heavy (non-hydrogen) atoms. The molecule has 0 saturated carbocycles. The highest BCUT2D eigenvalue weighted by molar-refractivity contribution is 5.82. The van der Waals surface area contributed by atoms with E-state index in [4.69, 9.17) is 0 Å². The SMILES string of the molecule is CN1c2ccccc2N(C)C2c3ccccc3-c3ccccc3C21. The minimum Gasteiger partial charge on any atom is -0.363 e. The van der Waals surface area contributed by atoms with Crippen LogP contribution in [0.25, 0.3) is 11.1 Å². The lowest BCUT2D eigenvalue weighted by Gasteiger charge is -2.50. The zero-order chi connectivity index (χ0) is 16.3. The van der Waals surface area contributed by atoms with Crippen LogP contribution < -0.4 is 9.80 Å². The highest BCUT2D eigenvalue weighted by Gasteiger charge is 2.42. The molecule has 1 heterocycles. The zero-order valence-corrected chi connectivity index (χ0v) is 14.0. The summed E-state index contributed by atoms with van der Waals surface area (Å²) in [5.74, 6) is 0. The molecule has 1 aliphatic heterocycles. The maximum atomic E-state index is 2.45. The van der Waals surface area contributed by atoms with E-state index in [0.29, 0.717) is 12.1 Å². The molecule has 118 valence electrons. The number of benzene rings is 3. The molecular formula is C22H20N2. The van der Waals surface area contributed by atoms with Crippen molar-refractivity contribution < 1.29 is 0 Å². The van der Waals surface area contributed by atoms with Gasteiger partial charge in [0.15, 0.2) is 0 Å². The van der Waals surface area contributed by atoms with Crippen LogP contribution >= 0.6 is 0 Å². The third kappa shape index (κ3) is 1.66. The number of hydrogen-bond donors (Lipinski definition) is 0. The molecule has 0 fully saturated rings. The molecule has 2 heteroatoms. The van der Waals surface area contributed by atoms with Gasteiger partial charge in [-0.3, -0.25) is 0 Å². The Balaban J connectivity index is 1.83. The largest absolute Gasteiger partial charge is 0.363 e. The zero-order valence-electron chi connectivity index (χ0n) is 14.0. The predicted molar refractivity (Wildman–Crippen MR) is 101 cm³/mol. The Morgan fingerprint density at radius 3 is 1.38 bits per heavy atom. The van der Waals surface area contributed by atoms with E-state index in [1.165, 1.54) is 33.6 Å². The van der Waals surface area contributed by atoms with Gasteiger partial charge in [-0.05, 0) is 34.4 Å². The summed E-state index contributed by atoms with van der Waals surface area (Å²) < 4.78 is 0. The maximum Gasteiger partial charge on any atom is 0.0791 e. The summed E-state index contributed by atoms with van der Waals surface area (Å²) in [5.41, 5.74) is 8.18. The van der Waals surface area contributed by atoms with E-state index >= 15 is 0 Å². The van der Waals surface area contributed by atoms with Crippen molar-refractivity contribution in [3.8, 4) is 11.1 Å². The molecule has 2 nitrogen and oxygen atoms in total. The summed E-state index contributed by atoms with van der Waals surface area (Å²) in [6, 6.07) is 27.1. The molecule has 0 spiro atoms. The maximum absolute atomic E-state index is 2.45. The second kappa shape index (κ2) is 4.88. The van der Waals surface area contributed by atoms with Crippen LogP contribution in [0.4, 0.5) is 11.4 Å². The van der Waals surface area contributed by atoms with Crippen molar-refractivity contribution in [1.29, 1.82) is 0 Å². The van der Waals surface area contributed by atoms with Crippen molar-refractivity contribution in [3.63, 3.8) is 0 Å². The van der Waals surface area contributed by atoms with Gasteiger partial charge < -0.3 is 9.80 Å². The molecule has 5 rings (SSSR count). The molecule has 2 atom stereocenters. The fourth-order valence-corrected chi connectivity index (χ4v) is 4.54. The van der Waals surface area contributed by atoms with Gasteiger partial charge >= 0.3 is 0 Å². The second-order valence-electron chi connectivity index (χ2n) is 6.77. The summed E-state index contributed by atoms with van der Waals surface area (Å²) in [6.07, 6.45) is 0. The van der Waals surface area contributed by atoms with Crippen LogP contribution in [0.1, 0.15) is 23.2 Å². The average Bonchev–Trinajstić information content (AvgIpc) is 2.65. The third-order valence-electron chi connectivity index (χ3n) is 5.62. The van der Waals surface area contributed by atoms with E-state index in [2.05, 4.69) is 96.7 Å².